The summed E-state index contributed by atoms with van der Waals surface area (Å²) in [6.07, 6.45) is -0.364. The number of carbonyl (C=O) groups excluding carboxylic acids is 3. The van der Waals surface area contributed by atoms with Crippen LogP contribution in [-0.4, -0.2) is 22.5 Å². The lowest BCUT2D eigenvalue weighted by atomic mass is 9.89. The summed E-state index contributed by atoms with van der Waals surface area (Å²) >= 11 is 0. The van der Waals surface area contributed by atoms with Crippen molar-refractivity contribution >= 4 is 17.3 Å². The summed E-state index contributed by atoms with van der Waals surface area (Å²) in [5.41, 5.74) is 0.221. The van der Waals surface area contributed by atoms with Crippen LogP contribution in [0.1, 0.15) is 27.1 Å². The van der Waals surface area contributed by atoms with Gasteiger partial charge in [-0.15, -0.1) is 0 Å². The molecule has 0 aromatic heterocycles. The predicted molar refractivity (Wildman–Crippen MR) is 46.4 cm³/mol. The molecule has 0 bridgehead atoms. The van der Waals surface area contributed by atoms with Gasteiger partial charge in [0.05, 0.1) is 6.42 Å². The summed E-state index contributed by atoms with van der Waals surface area (Å²) in [6.45, 7) is 0. The lowest BCUT2D eigenvalue weighted by Crippen LogP contribution is -2.26. The van der Waals surface area contributed by atoms with Crippen LogP contribution in [-0.2, 0) is 4.79 Å². The summed E-state index contributed by atoms with van der Waals surface area (Å²) in [5.74, 6) is -1.91. The normalized spacial score (nSPS) is 15.6. The van der Waals surface area contributed by atoms with Crippen molar-refractivity contribution in [2.45, 2.75) is 6.42 Å². The largest absolute Gasteiger partial charge is 0.508 e. The maximum absolute atomic E-state index is 11.3. The van der Waals surface area contributed by atoms with E-state index in [1.54, 1.807) is 0 Å². The first-order chi connectivity index (χ1) is 6.59. The highest BCUT2D eigenvalue weighted by Crippen LogP contribution is 2.23. The number of rotatable bonds is 0. The van der Waals surface area contributed by atoms with Crippen LogP contribution < -0.4 is 0 Å². The van der Waals surface area contributed by atoms with E-state index in [9.17, 15) is 14.4 Å². The maximum Gasteiger partial charge on any atom is 0.229 e. The van der Waals surface area contributed by atoms with Gasteiger partial charge in [0.15, 0.2) is 5.78 Å². The maximum atomic E-state index is 11.3. The first-order valence-electron chi connectivity index (χ1n) is 4.03. The Morgan fingerprint density at radius 1 is 1.00 bits per heavy atom. The first-order valence-corrected chi connectivity index (χ1v) is 4.03. The first kappa shape index (κ1) is 8.62. The number of phenols is 1. The highest BCUT2D eigenvalue weighted by atomic mass is 16.3. The molecule has 0 fully saturated rings. The van der Waals surface area contributed by atoms with Crippen LogP contribution in [0.3, 0.4) is 0 Å². The van der Waals surface area contributed by atoms with Crippen LogP contribution in [0.5, 0.6) is 5.75 Å². The molecule has 70 valence electrons. The van der Waals surface area contributed by atoms with Crippen LogP contribution >= 0.6 is 0 Å². The Kier molecular flexibility index (Phi) is 1.70. The second-order valence-electron chi connectivity index (χ2n) is 3.08. The summed E-state index contributed by atoms with van der Waals surface area (Å²) < 4.78 is 0. The zero-order chi connectivity index (χ0) is 10.3. The zero-order valence-electron chi connectivity index (χ0n) is 7.11. The van der Waals surface area contributed by atoms with Gasteiger partial charge in [-0.3, -0.25) is 14.4 Å². The van der Waals surface area contributed by atoms with Gasteiger partial charge in [0, 0.05) is 11.1 Å². The Labute approximate surface area is 79.2 Å². The topological polar surface area (TPSA) is 71.4 Å². The smallest absolute Gasteiger partial charge is 0.229 e. The Morgan fingerprint density at radius 3 is 2.43 bits per heavy atom. The van der Waals surface area contributed by atoms with Gasteiger partial charge in [-0.2, -0.15) is 0 Å². The summed E-state index contributed by atoms with van der Waals surface area (Å²) in [7, 11) is 0. The number of phenolic OH excluding ortho intramolecular Hbond substituents is 1. The second-order valence-corrected chi connectivity index (χ2v) is 3.08. The molecule has 4 nitrogen and oxygen atoms in total. The van der Waals surface area contributed by atoms with E-state index in [-0.39, 0.29) is 29.1 Å². The van der Waals surface area contributed by atoms with Crippen molar-refractivity contribution < 1.29 is 19.5 Å². The molecule has 1 aliphatic carbocycles. The summed E-state index contributed by atoms with van der Waals surface area (Å²) in [4.78, 5) is 33.6. The number of fused-ring (bicyclic) bond motifs is 1. The minimum Gasteiger partial charge on any atom is -0.508 e. The van der Waals surface area contributed by atoms with Crippen LogP contribution in [0.15, 0.2) is 18.2 Å². The minimum absolute atomic E-state index is 0.00579. The lowest BCUT2D eigenvalue weighted by Gasteiger charge is -2.11. The third-order valence-corrected chi connectivity index (χ3v) is 2.12. The zero-order valence-corrected chi connectivity index (χ0v) is 7.11. The molecule has 1 aromatic rings. The number of hydrogen-bond acceptors (Lipinski definition) is 4. The van der Waals surface area contributed by atoms with E-state index in [4.69, 9.17) is 5.11 Å². The van der Waals surface area contributed by atoms with Crippen molar-refractivity contribution in [2.75, 3.05) is 0 Å². The van der Waals surface area contributed by atoms with Crippen LogP contribution in [0.4, 0.5) is 0 Å². The lowest BCUT2D eigenvalue weighted by molar-refractivity contribution is -0.114. The van der Waals surface area contributed by atoms with Gasteiger partial charge in [0.25, 0.3) is 0 Å². The fourth-order valence-electron chi connectivity index (χ4n) is 1.43. The van der Waals surface area contributed by atoms with Gasteiger partial charge in [-0.25, -0.2) is 0 Å². The molecular formula is C10H6O4. The number of benzene rings is 1. The molecule has 0 amide bonds. The molecule has 0 unspecified atom stereocenters. The Bertz CT molecular complexity index is 459. The third-order valence-electron chi connectivity index (χ3n) is 2.12. The van der Waals surface area contributed by atoms with Crippen molar-refractivity contribution in [3.63, 3.8) is 0 Å². The molecule has 4 heteroatoms. The van der Waals surface area contributed by atoms with E-state index >= 15 is 0 Å². The molecule has 1 aliphatic rings. The molecular weight excluding hydrogens is 184 g/mol. The van der Waals surface area contributed by atoms with Gasteiger partial charge in [0.1, 0.15) is 5.75 Å². The molecule has 0 saturated carbocycles. The Hall–Kier alpha value is -1.97. The number of hydrogen-bond donors (Lipinski definition) is 1. The predicted octanol–water partition coefficient (Wildman–Crippen LogP) is 0.730. The Balaban J connectivity index is 2.68. The Morgan fingerprint density at radius 2 is 1.71 bits per heavy atom. The van der Waals surface area contributed by atoms with E-state index in [0.717, 1.165) is 6.07 Å². The third kappa shape index (κ3) is 1.12. The average molecular weight is 190 g/mol. The molecule has 0 saturated heterocycles. The van der Waals surface area contributed by atoms with E-state index in [0.29, 0.717) is 0 Å². The van der Waals surface area contributed by atoms with Crippen molar-refractivity contribution in [1.29, 1.82) is 0 Å². The number of ketones is 3. The highest BCUT2D eigenvalue weighted by molar-refractivity contribution is 6.50. The molecule has 1 aromatic carbocycles. The van der Waals surface area contributed by atoms with E-state index in [1.165, 1.54) is 12.1 Å². The van der Waals surface area contributed by atoms with Gasteiger partial charge in [0.2, 0.25) is 11.6 Å². The number of carbonyl (C=O) groups is 3. The van der Waals surface area contributed by atoms with Crippen LogP contribution in [0.25, 0.3) is 0 Å². The van der Waals surface area contributed by atoms with E-state index in [2.05, 4.69) is 0 Å². The monoisotopic (exact) mass is 190 g/mol. The van der Waals surface area contributed by atoms with Crippen molar-refractivity contribution in [3.8, 4) is 5.75 Å². The molecule has 0 aliphatic heterocycles. The van der Waals surface area contributed by atoms with Crippen molar-refractivity contribution in [1.82, 2.24) is 0 Å². The van der Waals surface area contributed by atoms with Gasteiger partial charge < -0.3 is 5.11 Å². The molecule has 0 heterocycles. The van der Waals surface area contributed by atoms with Crippen LogP contribution in [0, 0.1) is 0 Å². The molecule has 2 rings (SSSR count). The fourth-order valence-corrected chi connectivity index (χ4v) is 1.43. The SMILES string of the molecule is O=C1CC(=O)c2ccc(O)cc2C1=O. The van der Waals surface area contributed by atoms with Gasteiger partial charge in [-0.05, 0) is 18.2 Å². The van der Waals surface area contributed by atoms with Crippen molar-refractivity contribution in [3.05, 3.63) is 29.3 Å². The highest BCUT2D eigenvalue weighted by Gasteiger charge is 2.30. The van der Waals surface area contributed by atoms with Crippen molar-refractivity contribution in [2.24, 2.45) is 0 Å². The fraction of sp³-hybridized carbons (Fsp3) is 0.100. The molecule has 0 atom stereocenters. The molecule has 14 heavy (non-hydrogen) atoms. The molecule has 1 N–H and O–H groups in total. The quantitative estimate of drug-likeness (QED) is 0.483. The number of aromatic hydroxyl groups is 1. The standard InChI is InChI=1S/C10H6O4/c11-5-1-2-6-7(3-5)10(14)9(13)4-8(6)12/h1-3,11H,4H2. The van der Waals surface area contributed by atoms with E-state index < -0.39 is 11.6 Å². The van der Waals surface area contributed by atoms with Gasteiger partial charge >= 0.3 is 0 Å². The second kappa shape index (κ2) is 2.77. The molecule has 0 spiro atoms. The van der Waals surface area contributed by atoms with E-state index in [1.807, 2.05) is 0 Å². The summed E-state index contributed by atoms with van der Waals surface area (Å²) in [6, 6.07) is 3.82. The summed E-state index contributed by atoms with van der Waals surface area (Å²) in [5, 5.41) is 9.10. The minimum atomic E-state index is -0.715. The van der Waals surface area contributed by atoms with Crippen LogP contribution in [0.2, 0.25) is 0 Å². The average Bonchev–Trinajstić information content (AvgIpc) is 2.14. The number of Topliss-reactive ketones (excluding diaryl/α,β-unsaturated/α-hetero) is 3. The van der Waals surface area contributed by atoms with Gasteiger partial charge in [-0.1, -0.05) is 0 Å². The molecule has 0 radical (unpaired) electrons.